The summed E-state index contributed by atoms with van der Waals surface area (Å²) in [5.41, 5.74) is 2.20. The predicted octanol–water partition coefficient (Wildman–Crippen LogP) is 4.69. The molecule has 1 N–H and O–H groups in total. The molecule has 4 heterocycles. The third kappa shape index (κ3) is 4.00. The van der Waals surface area contributed by atoms with Crippen LogP contribution in [0.4, 0.5) is 0 Å². The highest BCUT2D eigenvalue weighted by molar-refractivity contribution is 6.07. The molecular weight excluding hydrogens is 409 g/mol. The molecule has 2 saturated heterocycles. The second-order valence-electron chi connectivity index (χ2n) is 7.73. The Morgan fingerprint density at radius 2 is 1.83 bits per heavy atom. The number of nitrogens with zero attached hydrogens (tertiary/aromatic N) is 2. The number of halogens is 2. The number of amides is 1. The van der Waals surface area contributed by atoms with Crippen LogP contribution < -0.4 is 5.32 Å². The number of fused-ring (bicyclic) bond motifs is 3. The first-order valence-electron chi connectivity index (χ1n) is 9.66. The molecule has 3 aromatic rings. The van der Waals surface area contributed by atoms with Crippen molar-refractivity contribution in [1.29, 1.82) is 0 Å². The molecule has 2 aliphatic rings. The molecule has 29 heavy (non-hydrogen) atoms. The van der Waals surface area contributed by atoms with Gasteiger partial charge in [-0.15, -0.1) is 24.8 Å². The lowest BCUT2D eigenvalue weighted by atomic mass is 9.97. The third-order valence-electron chi connectivity index (χ3n) is 6.04. The van der Waals surface area contributed by atoms with E-state index in [1.165, 1.54) is 12.8 Å². The van der Waals surface area contributed by atoms with Gasteiger partial charge in [0.2, 0.25) is 0 Å². The number of carbonyl (C=O) groups is 1. The number of hydrogen-bond acceptors (Lipinski definition) is 4. The second-order valence-corrected chi connectivity index (χ2v) is 7.73. The fourth-order valence-corrected chi connectivity index (χ4v) is 4.60. The van der Waals surface area contributed by atoms with Crippen LogP contribution in [0.15, 0.2) is 53.1 Å². The smallest absolute Gasteiger partial charge is 0.254 e. The van der Waals surface area contributed by atoms with E-state index in [1.807, 2.05) is 54.4 Å². The first-order valence-corrected chi connectivity index (χ1v) is 9.66. The van der Waals surface area contributed by atoms with Crippen molar-refractivity contribution in [3.05, 3.63) is 54.3 Å². The van der Waals surface area contributed by atoms with Crippen LogP contribution in [0.3, 0.4) is 0 Å². The van der Waals surface area contributed by atoms with E-state index in [-0.39, 0.29) is 36.8 Å². The van der Waals surface area contributed by atoms with Crippen molar-refractivity contribution in [2.75, 3.05) is 7.05 Å². The number of rotatable bonds is 3. The molecule has 1 amide bonds. The summed E-state index contributed by atoms with van der Waals surface area (Å²) in [6, 6.07) is 14.8. The topological polar surface area (TPSA) is 58.4 Å². The predicted molar refractivity (Wildman–Crippen MR) is 119 cm³/mol. The molecule has 7 heteroatoms. The van der Waals surface area contributed by atoms with Crippen molar-refractivity contribution < 1.29 is 9.21 Å². The Labute approximate surface area is 182 Å². The van der Waals surface area contributed by atoms with Crippen LogP contribution in [0, 0.1) is 0 Å². The summed E-state index contributed by atoms with van der Waals surface area (Å²) < 4.78 is 5.52. The van der Waals surface area contributed by atoms with Gasteiger partial charge in [-0.2, -0.15) is 0 Å². The van der Waals surface area contributed by atoms with Crippen LogP contribution in [-0.4, -0.2) is 41.0 Å². The molecule has 2 atom stereocenters. The van der Waals surface area contributed by atoms with Gasteiger partial charge in [0.25, 0.3) is 5.91 Å². The van der Waals surface area contributed by atoms with E-state index < -0.39 is 0 Å². The number of pyridine rings is 1. The first kappa shape index (κ1) is 21.6. The Kier molecular flexibility index (Phi) is 6.52. The number of furan rings is 1. The van der Waals surface area contributed by atoms with E-state index in [2.05, 4.69) is 5.32 Å². The summed E-state index contributed by atoms with van der Waals surface area (Å²) in [5, 5.41) is 4.54. The maximum Gasteiger partial charge on any atom is 0.254 e. The molecule has 2 fully saturated rings. The lowest BCUT2D eigenvalue weighted by Gasteiger charge is -2.35. The number of aromatic nitrogens is 1. The molecule has 2 aliphatic heterocycles. The van der Waals surface area contributed by atoms with E-state index in [0.717, 1.165) is 23.7 Å². The average Bonchev–Trinajstić information content (AvgIpc) is 3.35. The van der Waals surface area contributed by atoms with Crippen LogP contribution >= 0.6 is 24.8 Å². The Balaban J connectivity index is 0.00000120. The van der Waals surface area contributed by atoms with E-state index in [1.54, 1.807) is 6.26 Å². The lowest BCUT2D eigenvalue weighted by molar-refractivity contribution is 0.0683. The van der Waals surface area contributed by atoms with Crippen molar-refractivity contribution in [3.8, 4) is 11.5 Å². The van der Waals surface area contributed by atoms with Crippen molar-refractivity contribution >= 4 is 41.6 Å². The summed E-state index contributed by atoms with van der Waals surface area (Å²) in [6.07, 6.45) is 6.15. The molecule has 154 valence electrons. The monoisotopic (exact) mass is 433 g/mol. The summed E-state index contributed by atoms with van der Waals surface area (Å²) in [5.74, 6) is 0.741. The Morgan fingerprint density at radius 3 is 2.52 bits per heavy atom. The summed E-state index contributed by atoms with van der Waals surface area (Å²) in [7, 11) is 1.94. The van der Waals surface area contributed by atoms with Gasteiger partial charge >= 0.3 is 0 Å². The minimum atomic E-state index is 0. The highest BCUT2D eigenvalue weighted by atomic mass is 35.5. The summed E-state index contributed by atoms with van der Waals surface area (Å²) in [6.45, 7) is 0. The van der Waals surface area contributed by atoms with Gasteiger partial charge in [-0.05, 0) is 49.9 Å². The van der Waals surface area contributed by atoms with Gasteiger partial charge in [-0.25, -0.2) is 4.98 Å². The van der Waals surface area contributed by atoms with E-state index in [9.17, 15) is 4.79 Å². The zero-order chi connectivity index (χ0) is 18.4. The van der Waals surface area contributed by atoms with Crippen LogP contribution in [0.25, 0.3) is 22.4 Å². The molecule has 0 saturated carbocycles. The Hall–Kier alpha value is -2.08. The molecule has 2 bridgehead atoms. The summed E-state index contributed by atoms with van der Waals surface area (Å²) in [4.78, 5) is 20.1. The molecule has 1 aromatic carbocycles. The molecule has 5 nitrogen and oxygen atoms in total. The highest BCUT2D eigenvalue weighted by Gasteiger charge is 2.36. The van der Waals surface area contributed by atoms with E-state index in [0.29, 0.717) is 29.1 Å². The van der Waals surface area contributed by atoms with Crippen molar-refractivity contribution in [3.63, 3.8) is 0 Å². The van der Waals surface area contributed by atoms with Gasteiger partial charge in [-0.1, -0.05) is 18.2 Å². The first-order chi connectivity index (χ1) is 13.2. The van der Waals surface area contributed by atoms with E-state index >= 15 is 0 Å². The van der Waals surface area contributed by atoms with Crippen molar-refractivity contribution in [2.24, 2.45) is 0 Å². The highest BCUT2D eigenvalue weighted by Crippen LogP contribution is 2.31. The quantitative estimate of drug-likeness (QED) is 0.650. The largest absolute Gasteiger partial charge is 0.463 e. The van der Waals surface area contributed by atoms with Crippen LogP contribution in [0.5, 0.6) is 0 Å². The van der Waals surface area contributed by atoms with E-state index in [4.69, 9.17) is 9.40 Å². The Bertz CT molecular complexity index is 981. The van der Waals surface area contributed by atoms with Gasteiger partial charge in [-0.3, -0.25) is 4.79 Å². The maximum absolute atomic E-state index is 13.5. The van der Waals surface area contributed by atoms with Gasteiger partial charge in [0.1, 0.15) is 5.69 Å². The fraction of sp³-hybridized carbons (Fsp3) is 0.364. The van der Waals surface area contributed by atoms with Crippen molar-refractivity contribution in [2.45, 2.75) is 43.8 Å². The zero-order valence-corrected chi connectivity index (χ0v) is 17.8. The third-order valence-corrected chi connectivity index (χ3v) is 6.04. The molecule has 5 rings (SSSR count). The van der Waals surface area contributed by atoms with Crippen LogP contribution in [0.2, 0.25) is 0 Å². The molecular formula is C22H25Cl2N3O2. The lowest BCUT2D eigenvalue weighted by Crippen LogP contribution is -2.48. The molecule has 0 aliphatic carbocycles. The number of carbonyl (C=O) groups excluding carboxylic acids is 1. The molecule has 2 unspecified atom stereocenters. The minimum Gasteiger partial charge on any atom is -0.463 e. The molecule has 2 aromatic heterocycles. The van der Waals surface area contributed by atoms with Crippen LogP contribution in [0.1, 0.15) is 36.0 Å². The zero-order valence-electron chi connectivity index (χ0n) is 16.2. The molecule has 0 radical (unpaired) electrons. The number of piperidine rings is 1. The summed E-state index contributed by atoms with van der Waals surface area (Å²) >= 11 is 0. The van der Waals surface area contributed by atoms with Gasteiger partial charge in [0.05, 0.1) is 17.3 Å². The standard InChI is InChI=1S/C22H23N3O2.2ClH/c1-25(16-11-14-8-9-15(12-16)23-14)22(26)18-13-20(21-7-4-10-27-21)24-19-6-3-2-5-17(18)19;;/h2-7,10,13-16,23H,8-9,11-12H2,1H3;2*1H. The van der Waals surface area contributed by atoms with Gasteiger partial charge in [0.15, 0.2) is 5.76 Å². The number of hydrogen-bond donors (Lipinski definition) is 1. The normalized spacial score (nSPS) is 22.6. The number of nitrogens with one attached hydrogen (secondary N) is 1. The number of para-hydroxylation sites is 1. The second kappa shape index (κ2) is 8.74. The fourth-order valence-electron chi connectivity index (χ4n) is 4.60. The molecule has 0 spiro atoms. The van der Waals surface area contributed by atoms with Crippen LogP contribution in [-0.2, 0) is 0 Å². The average molecular weight is 434 g/mol. The van der Waals surface area contributed by atoms with Crippen molar-refractivity contribution in [1.82, 2.24) is 15.2 Å². The SMILES string of the molecule is CN(C(=O)c1cc(-c2ccco2)nc2ccccc12)C1CC2CCC(C1)N2.Cl.Cl. The van der Waals surface area contributed by atoms with Gasteiger partial charge in [0, 0.05) is 30.6 Å². The Morgan fingerprint density at radius 1 is 1.10 bits per heavy atom. The number of benzene rings is 1. The van der Waals surface area contributed by atoms with Gasteiger partial charge < -0.3 is 14.6 Å². The minimum absolute atomic E-state index is 0. The maximum atomic E-state index is 13.5.